The molecule has 0 aliphatic heterocycles. The van der Waals surface area contributed by atoms with Crippen molar-refractivity contribution in [3.63, 3.8) is 0 Å². The maximum Gasteiger partial charge on any atom is 0.252 e. The lowest BCUT2D eigenvalue weighted by Gasteiger charge is -2.06. The highest BCUT2D eigenvalue weighted by Gasteiger charge is 2.24. The molecule has 0 fully saturated rings. The predicted molar refractivity (Wildman–Crippen MR) is 86.3 cm³/mol. The van der Waals surface area contributed by atoms with E-state index in [4.69, 9.17) is 0 Å². The lowest BCUT2D eigenvalue weighted by molar-refractivity contribution is -0.659. The van der Waals surface area contributed by atoms with Crippen LogP contribution in [0, 0.1) is 0 Å². The van der Waals surface area contributed by atoms with E-state index in [2.05, 4.69) is 0 Å². The number of nitrogens with zero attached hydrogens (tertiary/aromatic N) is 1. The Bertz CT molecular complexity index is 872. The largest absolute Gasteiger partial charge is 0.388 e. The molecular weight excluding hydrogens is 290 g/mol. The monoisotopic (exact) mass is 306 g/mol. The van der Waals surface area contributed by atoms with E-state index >= 15 is 0 Å². The number of carbonyl (C=O) groups is 2. The van der Waals surface area contributed by atoms with E-state index in [1.54, 1.807) is 34.9 Å². The average molecular weight is 306 g/mol. The highest BCUT2D eigenvalue weighted by molar-refractivity contribution is 5.97. The van der Waals surface area contributed by atoms with Gasteiger partial charge >= 0.3 is 0 Å². The van der Waals surface area contributed by atoms with Crippen LogP contribution in [-0.4, -0.2) is 23.3 Å². The average Bonchev–Trinajstić information content (AvgIpc) is 2.62. The molecule has 114 valence electrons. The Balaban J connectivity index is 2.10. The summed E-state index contributed by atoms with van der Waals surface area (Å²) < 4.78 is 1.67. The van der Waals surface area contributed by atoms with E-state index < -0.39 is 12.4 Å². The Morgan fingerprint density at radius 3 is 2.26 bits per heavy atom. The number of aliphatic hydroxyl groups excluding tert-OH is 1. The quantitative estimate of drug-likeness (QED) is 0.580. The summed E-state index contributed by atoms with van der Waals surface area (Å²) in [6.45, 7) is -0.537. The lowest BCUT2D eigenvalue weighted by atomic mass is 10.1. The van der Waals surface area contributed by atoms with Crippen molar-refractivity contribution in [2.24, 2.45) is 0 Å². The number of para-hydroxylation sites is 1. The van der Waals surface area contributed by atoms with Crippen molar-refractivity contribution in [2.45, 2.75) is 6.54 Å². The van der Waals surface area contributed by atoms with Crippen molar-refractivity contribution in [1.29, 1.82) is 0 Å². The molecule has 0 saturated carbocycles. The predicted octanol–water partition coefficient (Wildman–Crippen LogP) is 2.19. The number of aromatic nitrogens is 1. The molecule has 0 unspecified atom stereocenters. The lowest BCUT2D eigenvalue weighted by Crippen LogP contribution is -2.45. The van der Waals surface area contributed by atoms with Gasteiger partial charge in [0.2, 0.25) is 17.8 Å². The van der Waals surface area contributed by atoms with E-state index in [-0.39, 0.29) is 12.3 Å². The fourth-order valence-corrected chi connectivity index (χ4v) is 2.62. The molecule has 4 heteroatoms. The number of pyridine rings is 1. The Morgan fingerprint density at radius 1 is 0.826 bits per heavy atom. The summed E-state index contributed by atoms with van der Waals surface area (Å²) in [5, 5.41) is 10.1. The Labute approximate surface area is 133 Å². The van der Waals surface area contributed by atoms with Gasteiger partial charge in [0.05, 0.1) is 0 Å². The minimum Gasteiger partial charge on any atom is -0.388 e. The number of Topliss-reactive ketones (excluding diaryl/α,β-unsaturated/α-hetero) is 2. The zero-order chi connectivity index (χ0) is 16.2. The normalized spacial score (nSPS) is 10.7. The minimum absolute atomic E-state index is 0.0481. The summed E-state index contributed by atoms with van der Waals surface area (Å²) >= 11 is 0. The standard InChI is InChI=1S/C19H16NO3/c21-13-19(23)17-11-10-14-6-4-5-9-16(14)20(17)12-18(22)15-7-2-1-3-8-15/h1-11,21H,12-13H2/q+1. The number of aliphatic hydroxyl groups is 1. The molecule has 2 aromatic carbocycles. The summed E-state index contributed by atoms with van der Waals surface area (Å²) in [5.74, 6) is -0.490. The zero-order valence-corrected chi connectivity index (χ0v) is 12.5. The molecule has 0 saturated heterocycles. The topological polar surface area (TPSA) is 58.2 Å². The second kappa shape index (κ2) is 6.50. The molecule has 0 atom stereocenters. The molecule has 1 aromatic heterocycles. The number of fused-ring (bicyclic) bond motifs is 1. The third-order valence-electron chi connectivity index (χ3n) is 3.77. The summed E-state index contributed by atoms with van der Waals surface area (Å²) in [5.41, 5.74) is 1.71. The summed E-state index contributed by atoms with van der Waals surface area (Å²) in [4.78, 5) is 24.5. The number of hydrogen-bond acceptors (Lipinski definition) is 3. The molecule has 0 amide bonds. The van der Waals surface area contributed by atoms with Crippen LogP contribution in [0.2, 0.25) is 0 Å². The maximum absolute atomic E-state index is 12.5. The zero-order valence-electron chi connectivity index (χ0n) is 12.5. The molecule has 3 aromatic rings. The fraction of sp³-hybridized carbons (Fsp3) is 0.105. The molecule has 0 radical (unpaired) electrons. The number of benzene rings is 2. The van der Waals surface area contributed by atoms with Crippen LogP contribution in [0.4, 0.5) is 0 Å². The third kappa shape index (κ3) is 3.03. The van der Waals surface area contributed by atoms with Crippen LogP contribution in [0.5, 0.6) is 0 Å². The van der Waals surface area contributed by atoms with Crippen LogP contribution in [0.3, 0.4) is 0 Å². The Kier molecular flexibility index (Phi) is 4.26. The first-order chi connectivity index (χ1) is 11.2. The van der Waals surface area contributed by atoms with Gasteiger partial charge in [-0.1, -0.05) is 42.5 Å². The van der Waals surface area contributed by atoms with Gasteiger partial charge in [0.15, 0.2) is 0 Å². The molecule has 1 heterocycles. The molecule has 0 aliphatic carbocycles. The van der Waals surface area contributed by atoms with Crippen LogP contribution < -0.4 is 4.57 Å². The van der Waals surface area contributed by atoms with Crippen molar-refractivity contribution in [2.75, 3.05) is 6.61 Å². The molecule has 23 heavy (non-hydrogen) atoms. The Hall–Kier alpha value is -2.85. The van der Waals surface area contributed by atoms with Crippen LogP contribution in [0.1, 0.15) is 20.8 Å². The van der Waals surface area contributed by atoms with Gasteiger partial charge in [-0.25, -0.2) is 0 Å². The van der Waals surface area contributed by atoms with Gasteiger partial charge in [-0.3, -0.25) is 9.59 Å². The highest BCUT2D eigenvalue weighted by atomic mass is 16.3. The van der Waals surface area contributed by atoms with Gasteiger partial charge in [0.25, 0.3) is 11.5 Å². The molecule has 1 N–H and O–H groups in total. The van der Waals surface area contributed by atoms with Crippen LogP contribution in [0.25, 0.3) is 10.9 Å². The second-order valence-corrected chi connectivity index (χ2v) is 5.23. The van der Waals surface area contributed by atoms with Crippen molar-refractivity contribution >= 4 is 22.5 Å². The van der Waals surface area contributed by atoms with E-state index in [0.717, 1.165) is 10.9 Å². The molecular formula is C19H16NO3+. The van der Waals surface area contributed by atoms with E-state index in [9.17, 15) is 14.7 Å². The number of ketones is 2. The molecule has 0 aliphatic rings. The van der Waals surface area contributed by atoms with Gasteiger partial charge in [0.1, 0.15) is 6.61 Å². The number of rotatable bonds is 5. The van der Waals surface area contributed by atoms with Gasteiger partial charge in [-0.05, 0) is 12.1 Å². The SMILES string of the molecule is O=C(C[n+]1c(C(=O)CO)ccc2ccccc21)c1ccccc1. The van der Waals surface area contributed by atoms with Crippen molar-refractivity contribution in [3.8, 4) is 0 Å². The molecule has 0 spiro atoms. The molecule has 4 nitrogen and oxygen atoms in total. The van der Waals surface area contributed by atoms with Crippen molar-refractivity contribution < 1.29 is 19.3 Å². The second-order valence-electron chi connectivity index (χ2n) is 5.23. The van der Waals surface area contributed by atoms with Gasteiger partial charge < -0.3 is 5.11 Å². The third-order valence-corrected chi connectivity index (χ3v) is 3.77. The smallest absolute Gasteiger partial charge is 0.252 e. The fourth-order valence-electron chi connectivity index (χ4n) is 2.62. The van der Waals surface area contributed by atoms with E-state index in [0.29, 0.717) is 11.3 Å². The van der Waals surface area contributed by atoms with Crippen molar-refractivity contribution in [1.82, 2.24) is 0 Å². The number of hydrogen-bond donors (Lipinski definition) is 1. The summed E-state index contributed by atoms with van der Waals surface area (Å²) in [6, 6.07) is 20.0. The summed E-state index contributed by atoms with van der Waals surface area (Å²) in [7, 11) is 0. The summed E-state index contributed by atoms with van der Waals surface area (Å²) in [6.07, 6.45) is 0. The molecule has 3 rings (SSSR count). The van der Waals surface area contributed by atoms with Crippen LogP contribution in [0.15, 0.2) is 66.7 Å². The van der Waals surface area contributed by atoms with Gasteiger partial charge in [-0.2, -0.15) is 4.57 Å². The molecule has 0 bridgehead atoms. The van der Waals surface area contributed by atoms with E-state index in [1.807, 2.05) is 36.4 Å². The first kappa shape index (κ1) is 15.1. The Morgan fingerprint density at radius 2 is 1.52 bits per heavy atom. The highest BCUT2D eigenvalue weighted by Crippen LogP contribution is 2.12. The minimum atomic E-state index is -0.585. The van der Waals surface area contributed by atoms with Crippen LogP contribution in [-0.2, 0) is 6.54 Å². The first-order valence-corrected chi connectivity index (χ1v) is 7.34. The van der Waals surface area contributed by atoms with Crippen LogP contribution >= 0.6 is 0 Å². The van der Waals surface area contributed by atoms with Crippen molar-refractivity contribution in [3.05, 3.63) is 78.0 Å². The first-order valence-electron chi connectivity index (χ1n) is 7.34. The van der Waals surface area contributed by atoms with E-state index in [1.165, 1.54) is 0 Å². The number of carbonyl (C=O) groups excluding carboxylic acids is 2. The maximum atomic E-state index is 12.5. The van der Waals surface area contributed by atoms with Gasteiger partial charge in [0, 0.05) is 23.1 Å². The van der Waals surface area contributed by atoms with Gasteiger partial charge in [-0.15, -0.1) is 0 Å².